The SMILES string of the molecule is CCNC(=O)C(C)NC(C)CC(=O)Nc1ccc(Cl)cc1.O=C(O)C(=O)O. The van der Waals surface area contributed by atoms with Crippen LogP contribution in [0.5, 0.6) is 0 Å². The molecule has 0 bridgehead atoms. The van der Waals surface area contributed by atoms with Gasteiger partial charge in [-0.25, -0.2) is 9.59 Å². The van der Waals surface area contributed by atoms with E-state index in [4.69, 9.17) is 31.4 Å². The van der Waals surface area contributed by atoms with Crippen LogP contribution in [0.3, 0.4) is 0 Å². The molecule has 0 fully saturated rings. The highest BCUT2D eigenvalue weighted by atomic mass is 35.5. The number of aliphatic carboxylic acids is 2. The van der Waals surface area contributed by atoms with Crippen molar-refractivity contribution >= 4 is 41.0 Å². The van der Waals surface area contributed by atoms with Crippen LogP contribution in [0, 0.1) is 0 Å². The molecule has 9 nitrogen and oxygen atoms in total. The summed E-state index contributed by atoms with van der Waals surface area (Å²) in [6.07, 6.45) is 0.284. The minimum Gasteiger partial charge on any atom is -0.473 e. The minimum atomic E-state index is -1.82. The molecule has 10 heteroatoms. The number of anilines is 1. The molecule has 27 heavy (non-hydrogen) atoms. The van der Waals surface area contributed by atoms with E-state index in [-0.39, 0.29) is 30.3 Å². The fourth-order valence-electron chi connectivity index (χ4n) is 1.91. The van der Waals surface area contributed by atoms with Crippen LogP contribution in [0.1, 0.15) is 27.2 Å². The number of likely N-dealkylation sites (N-methyl/N-ethyl adjacent to an activating group) is 1. The van der Waals surface area contributed by atoms with Gasteiger partial charge in [-0.05, 0) is 45.0 Å². The second-order valence-corrected chi connectivity index (χ2v) is 5.99. The fraction of sp³-hybridized carbons (Fsp3) is 0.412. The number of carbonyl (C=O) groups is 4. The highest BCUT2D eigenvalue weighted by molar-refractivity contribution is 6.30. The average Bonchev–Trinajstić information content (AvgIpc) is 2.57. The first kappa shape index (κ1) is 24.4. The van der Waals surface area contributed by atoms with Gasteiger partial charge in [0.25, 0.3) is 0 Å². The van der Waals surface area contributed by atoms with E-state index in [0.717, 1.165) is 0 Å². The number of nitrogens with one attached hydrogen (secondary N) is 3. The van der Waals surface area contributed by atoms with Gasteiger partial charge in [-0.1, -0.05) is 11.6 Å². The minimum absolute atomic E-state index is 0.0672. The first-order valence-corrected chi connectivity index (χ1v) is 8.50. The highest BCUT2D eigenvalue weighted by Gasteiger charge is 2.16. The number of carboxylic acid groups (broad SMARTS) is 2. The number of hydrogen-bond donors (Lipinski definition) is 5. The predicted octanol–water partition coefficient (Wildman–Crippen LogP) is 1.33. The maximum Gasteiger partial charge on any atom is 0.414 e. The van der Waals surface area contributed by atoms with E-state index in [1.54, 1.807) is 31.2 Å². The normalized spacial score (nSPS) is 12.0. The van der Waals surface area contributed by atoms with E-state index in [1.807, 2.05) is 13.8 Å². The van der Waals surface area contributed by atoms with Crippen molar-refractivity contribution in [3.8, 4) is 0 Å². The Morgan fingerprint density at radius 3 is 2.00 bits per heavy atom. The third-order valence-corrected chi connectivity index (χ3v) is 3.33. The Balaban J connectivity index is 0.000000972. The average molecular weight is 402 g/mol. The van der Waals surface area contributed by atoms with Crippen LogP contribution >= 0.6 is 11.6 Å². The summed E-state index contributed by atoms with van der Waals surface area (Å²) in [4.78, 5) is 41.7. The molecule has 1 aromatic rings. The zero-order valence-electron chi connectivity index (χ0n) is 15.3. The lowest BCUT2D eigenvalue weighted by molar-refractivity contribution is -0.159. The predicted molar refractivity (Wildman–Crippen MR) is 101 cm³/mol. The van der Waals surface area contributed by atoms with Crippen LogP contribution in [0.15, 0.2) is 24.3 Å². The molecule has 0 saturated carbocycles. The number of rotatable bonds is 7. The second kappa shape index (κ2) is 12.7. The number of halogens is 1. The first-order valence-electron chi connectivity index (χ1n) is 8.12. The Labute approximate surface area is 162 Å². The summed E-state index contributed by atoms with van der Waals surface area (Å²) in [6.45, 7) is 6.11. The van der Waals surface area contributed by atoms with Crippen LogP contribution in [0.25, 0.3) is 0 Å². The van der Waals surface area contributed by atoms with Crippen molar-refractivity contribution in [3.63, 3.8) is 0 Å². The van der Waals surface area contributed by atoms with Gasteiger partial charge >= 0.3 is 11.9 Å². The quantitative estimate of drug-likeness (QED) is 0.433. The maximum absolute atomic E-state index is 11.9. The van der Waals surface area contributed by atoms with Crippen molar-refractivity contribution in [2.45, 2.75) is 39.3 Å². The van der Waals surface area contributed by atoms with Gasteiger partial charge in [-0.2, -0.15) is 0 Å². The summed E-state index contributed by atoms with van der Waals surface area (Å²) in [5.74, 6) is -3.83. The number of benzene rings is 1. The smallest absolute Gasteiger partial charge is 0.414 e. The monoisotopic (exact) mass is 401 g/mol. The van der Waals surface area contributed by atoms with Crippen molar-refractivity contribution in [2.75, 3.05) is 11.9 Å². The van der Waals surface area contributed by atoms with Crippen molar-refractivity contribution < 1.29 is 29.4 Å². The van der Waals surface area contributed by atoms with Gasteiger partial charge in [0, 0.05) is 29.7 Å². The molecule has 2 amide bonds. The molecule has 5 N–H and O–H groups in total. The molecule has 150 valence electrons. The summed E-state index contributed by atoms with van der Waals surface area (Å²) in [6, 6.07) is 6.50. The standard InChI is InChI=1S/C15H22ClN3O2.C2H2O4/c1-4-17-15(21)11(3)18-10(2)9-14(20)19-13-7-5-12(16)6-8-13;3-1(4)2(5)6/h5-8,10-11,18H,4,9H2,1-3H3,(H,17,21)(H,19,20);(H,3,4)(H,5,6). The lowest BCUT2D eigenvalue weighted by Crippen LogP contribution is -2.46. The number of carbonyl (C=O) groups excluding carboxylic acids is 2. The van der Waals surface area contributed by atoms with Crippen LogP contribution in [0.2, 0.25) is 5.02 Å². The fourth-order valence-corrected chi connectivity index (χ4v) is 2.04. The van der Waals surface area contributed by atoms with Gasteiger partial charge < -0.3 is 26.2 Å². The number of carboxylic acids is 2. The molecular formula is C17H24ClN3O6. The Bertz CT molecular complexity index is 639. The summed E-state index contributed by atoms with van der Waals surface area (Å²) in [5.41, 5.74) is 0.702. The zero-order chi connectivity index (χ0) is 21.0. The largest absolute Gasteiger partial charge is 0.473 e. The van der Waals surface area contributed by atoms with E-state index in [2.05, 4.69) is 16.0 Å². The van der Waals surface area contributed by atoms with Crippen molar-refractivity contribution in [1.29, 1.82) is 0 Å². The third kappa shape index (κ3) is 11.6. The number of hydrogen-bond acceptors (Lipinski definition) is 5. The molecule has 2 atom stereocenters. The molecule has 0 aliphatic carbocycles. The Morgan fingerprint density at radius 1 is 1.04 bits per heavy atom. The van der Waals surface area contributed by atoms with Crippen molar-refractivity contribution in [3.05, 3.63) is 29.3 Å². The van der Waals surface area contributed by atoms with Crippen molar-refractivity contribution in [1.82, 2.24) is 10.6 Å². The van der Waals surface area contributed by atoms with Crippen LogP contribution in [-0.2, 0) is 19.2 Å². The molecule has 0 aliphatic rings. The van der Waals surface area contributed by atoms with Gasteiger partial charge in [-0.3, -0.25) is 9.59 Å². The summed E-state index contributed by atoms with van der Waals surface area (Å²) in [7, 11) is 0. The first-order chi connectivity index (χ1) is 12.6. The molecule has 2 unspecified atom stereocenters. The number of amides is 2. The second-order valence-electron chi connectivity index (χ2n) is 5.55. The van der Waals surface area contributed by atoms with Gasteiger partial charge in [0.1, 0.15) is 0 Å². The lowest BCUT2D eigenvalue weighted by Gasteiger charge is -2.19. The molecule has 0 aromatic heterocycles. The Morgan fingerprint density at radius 2 is 1.56 bits per heavy atom. The van der Waals surface area contributed by atoms with Gasteiger partial charge in [0.2, 0.25) is 11.8 Å². The molecule has 0 aliphatic heterocycles. The van der Waals surface area contributed by atoms with E-state index in [0.29, 0.717) is 17.3 Å². The van der Waals surface area contributed by atoms with E-state index in [9.17, 15) is 9.59 Å². The van der Waals surface area contributed by atoms with Crippen LogP contribution < -0.4 is 16.0 Å². The lowest BCUT2D eigenvalue weighted by atomic mass is 10.2. The Hall–Kier alpha value is -2.65. The molecule has 0 heterocycles. The summed E-state index contributed by atoms with van der Waals surface area (Å²) in [5, 5.41) is 24.0. The van der Waals surface area contributed by atoms with Gasteiger partial charge in [0.15, 0.2) is 0 Å². The van der Waals surface area contributed by atoms with Crippen LogP contribution in [0.4, 0.5) is 5.69 Å². The van der Waals surface area contributed by atoms with E-state index in [1.165, 1.54) is 0 Å². The third-order valence-electron chi connectivity index (χ3n) is 3.08. The Kier molecular flexibility index (Phi) is 11.4. The summed E-state index contributed by atoms with van der Waals surface area (Å²) < 4.78 is 0. The van der Waals surface area contributed by atoms with Crippen LogP contribution in [-0.4, -0.2) is 52.6 Å². The van der Waals surface area contributed by atoms with Gasteiger partial charge in [-0.15, -0.1) is 0 Å². The zero-order valence-corrected chi connectivity index (χ0v) is 16.0. The molecule has 1 rings (SSSR count). The highest BCUT2D eigenvalue weighted by Crippen LogP contribution is 2.13. The summed E-state index contributed by atoms with van der Waals surface area (Å²) >= 11 is 5.78. The van der Waals surface area contributed by atoms with E-state index >= 15 is 0 Å². The van der Waals surface area contributed by atoms with Crippen molar-refractivity contribution in [2.24, 2.45) is 0 Å². The molecule has 0 spiro atoms. The molecule has 0 radical (unpaired) electrons. The van der Waals surface area contributed by atoms with Gasteiger partial charge in [0.05, 0.1) is 6.04 Å². The molecule has 1 aromatic carbocycles. The molecular weight excluding hydrogens is 378 g/mol. The molecule has 0 saturated heterocycles. The maximum atomic E-state index is 11.9. The van der Waals surface area contributed by atoms with E-state index < -0.39 is 11.9 Å². The topological polar surface area (TPSA) is 145 Å².